The van der Waals surface area contributed by atoms with Crippen LogP contribution < -0.4 is 0 Å². The van der Waals surface area contributed by atoms with Gasteiger partial charge in [-0.05, 0) is 17.5 Å². The summed E-state index contributed by atoms with van der Waals surface area (Å²) in [4.78, 5) is 14.3. The molecule has 2 aromatic carbocycles. The third-order valence-electron chi connectivity index (χ3n) is 3.72. The predicted molar refractivity (Wildman–Crippen MR) is 100 cm³/mol. The molecule has 0 aromatic heterocycles. The molecule has 122 valence electrons. The standard InChI is InChI=1S/C19H19N3OS/c1-2-17-18(23)22(14-16-11-7-4-8-12-16)19(24-17)21-20-13-15-9-5-3-6-10-15/h3-13,17H,2,14H2,1H3/b20-13-,21-19+/t17-/m0/s1. The van der Waals surface area contributed by atoms with Crippen molar-refractivity contribution in [2.75, 3.05) is 0 Å². The molecule has 1 heterocycles. The maximum Gasteiger partial charge on any atom is 0.242 e. The lowest BCUT2D eigenvalue weighted by Gasteiger charge is -2.15. The zero-order valence-electron chi connectivity index (χ0n) is 13.5. The fourth-order valence-corrected chi connectivity index (χ4v) is 3.47. The van der Waals surface area contributed by atoms with Gasteiger partial charge in [-0.25, -0.2) is 0 Å². The molecule has 1 atom stereocenters. The Morgan fingerprint density at radius 2 is 1.75 bits per heavy atom. The van der Waals surface area contributed by atoms with Gasteiger partial charge in [0, 0.05) is 0 Å². The van der Waals surface area contributed by atoms with Crippen molar-refractivity contribution in [3.05, 3.63) is 71.8 Å². The Morgan fingerprint density at radius 1 is 1.08 bits per heavy atom. The molecule has 2 aromatic rings. The molecular formula is C19H19N3OS. The van der Waals surface area contributed by atoms with Crippen molar-refractivity contribution in [2.24, 2.45) is 10.2 Å². The second-order valence-electron chi connectivity index (χ2n) is 5.46. The second-order valence-corrected chi connectivity index (χ2v) is 6.63. The molecule has 1 saturated heterocycles. The summed E-state index contributed by atoms with van der Waals surface area (Å²) < 4.78 is 0. The van der Waals surface area contributed by atoms with Crippen LogP contribution in [0.3, 0.4) is 0 Å². The van der Waals surface area contributed by atoms with Crippen LogP contribution in [-0.4, -0.2) is 27.4 Å². The zero-order chi connectivity index (χ0) is 16.8. The monoisotopic (exact) mass is 337 g/mol. The zero-order valence-corrected chi connectivity index (χ0v) is 14.3. The maximum atomic E-state index is 12.6. The lowest BCUT2D eigenvalue weighted by Crippen LogP contribution is -2.31. The second kappa shape index (κ2) is 7.93. The number of amidine groups is 1. The Labute approximate surface area is 146 Å². The Morgan fingerprint density at radius 3 is 2.42 bits per heavy atom. The quantitative estimate of drug-likeness (QED) is 0.613. The van der Waals surface area contributed by atoms with Gasteiger partial charge in [0.15, 0.2) is 5.17 Å². The largest absolute Gasteiger partial charge is 0.284 e. The summed E-state index contributed by atoms with van der Waals surface area (Å²) in [5.41, 5.74) is 2.07. The molecule has 1 aliphatic rings. The average Bonchev–Trinajstić information content (AvgIpc) is 2.92. The first-order valence-corrected chi connectivity index (χ1v) is 8.84. The van der Waals surface area contributed by atoms with Crippen LogP contribution in [0.1, 0.15) is 24.5 Å². The van der Waals surface area contributed by atoms with Gasteiger partial charge in [0.05, 0.1) is 18.0 Å². The molecule has 3 rings (SSSR count). The molecule has 5 heteroatoms. The van der Waals surface area contributed by atoms with Crippen LogP contribution in [0.4, 0.5) is 0 Å². The normalized spacial score (nSPS) is 19.5. The molecule has 1 fully saturated rings. The number of amides is 1. The number of hydrogen-bond acceptors (Lipinski definition) is 4. The Kier molecular flexibility index (Phi) is 5.43. The summed E-state index contributed by atoms with van der Waals surface area (Å²) in [6.07, 6.45) is 2.49. The van der Waals surface area contributed by atoms with Gasteiger partial charge in [-0.1, -0.05) is 79.3 Å². The number of hydrogen-bond donors (Lipinski definition) is 0. The highest BCUT2D eigenvalue weighted by Crippen LogP contribution is 2.30. The molecule has 0 saturated carbocycles. The van der Waals surface area contributed by atoms with E-state index >= 15 is 0 Å². The van der Waals surface area contributed by atoms with Crippen molar-refractivity contribution in [1.82, 2.24) is 4.90 Å². The topological polar surface area (TPSA) is 45.0 Å². The van der Waals surface area contributed by atoms with Crippen molar-refractivity contribution < 1.29 is 4.79 Å². The number of rotatable bonds is 5. The first kappa shape index (κ1) is 16.5. The SMILES string of the molecule is CC[C@@H]1S/C(=N/N=C\c2ccccc2)N(Cc2ccccc2)C1=O. The lowest BCUT2D eigenvalue weighted by molar-refractivity contribution is -0.126. The van der Waals surface area contributed by atoms with Crippen molar-refractivity contribution >= 4 is 29.1 Å². The van der Waals surface area contributed by atoms with Gasteiger partial charge in [-0.3, -0.25) is 9.69 Å². The summed E-state index contributed by atoms with van der Waals surface area (Å²) in [7, 11) is 0. The van der Waals surface area contributed by atoms with E-state index in [1.54, 1.807) is 11.1 Å². The van der Waals surface area contributed by atoms with E-state index in [9.17, 15) is 4.79 Å². The third-order valence-corrected chi connectivity index (χ3v) is 5.06. The summed E-state index contributed by atoms with van der Waals surface area (Å²) in [6, 6.07) is 19.8. The van der Waals surface area contributed by atoms with E-state index in [2.05, 4.69) is 10.2 Å². The first-order valence-electron chi connectivity index (χ1n) is 7.96. The van der Waals surface area contributed by atoms with E-state index in [4.69, 9.17) is 0 Å². The molecule has 0 spiro atoms. The highest BCUT2D eigenvalue weighted by Gasteiger charge is 2.36. The van der Waals surface area contributed by atoms with Gasteiger partial charge >= 0.3 is 0 Å². The average molecular weight is 337 g/mol. The van der Waals surface area contributed by atoms with E-state index in [-0.39, 0.29) is 11.2 Å². The van der Waals surface area contributed by atoms with E-state index in [0.717, 1.165) is 17.5 Å². The van der Waals surface area contributed by atoms with E-state index < -0.39 is 0 Å². The predicted octanol–water partition coefficient (Wildman–Crippen LogP) is 3.93. The lowest BCUT2D eigenvalue weighted by atomic mass is 10.2. The smallest absolute Gasteiger partial charge is 0.242 e. The highest BCUT2D eigenvalue weighted by atomic mass is 32.2. The summed E-state index contributed by atoms with van der Waals surface area (Å²) in [6.45, 7) is 2.55. The molecule has 1 amide bonds. The van der Waals surface area contributed by atoms with Crippen LogP contribution in [0, 0.1) is 0 Å². The Bertz CT molecular complexity index is 744. The molecule has 0 bridgehead atoms. The Balaban J connectivity index is 1.79. The first-order chi connectivity index (χ1) is 11.8. The van der Waals surface area contributed by atoms with Gasteiger partial charge in [0.25, 0.3) is 0 Å². The number of nitrogens with zero attached hydrogens (tertiary/aromatic N) is 3. The fraction of sp³-hybridized carbons (Fsp3) is 0.211. The molecule has 0 radical (unpaired) electrons. The van der Waals surface area contributed by atoms with E-state index in [0.29, 0.717) is 11.7 Å². The van der Waals surface area contributed by atoms with Crippen LogP contribution in [0.25, 0.3) is 0 Å². The molecular weight excluding hydrogens is 318 g/mol. The minimum Gasteiger partial charge on any atom is -0.284 e. The van der Waals surface area contributed by atoms with Crippen molar-refractivity contribution in [2.45, 2.75) is 25.1 Å². The molecule has 0 unspecified atom stereocenters. The summed E-state index contributed by atoms with van der Waals surface area (Å²) >= 11 is 1.49. The minimum atomic E-state index is -0.0700. The molecule has 1 aliphatic heterocycles. The third kappa shape index (κ3) is 3.92. The maximum absolute atomic E-state index is 12.6. The van der Waals surface area contributed by atoms with E-state index in [1.807, 2.05) is 67.6 Å². The van der Waals surface area contributed by atoms with Crippen LogP contribution in [0.2, 0.25) is 0 Å². The summed E-state index contributed by atoms with van der Waals surface area (Å²) in [5, 5.41) is 9.07. The minimum absolute atomic E-state index is 0.0700. The van der Waals surface area contributed by atoms with Gasteiger partial charge in [0.2, 0.25) is 5.91 Å². The summed E-state index contributed by atoms with van der Waals surface area (Å²) in [5.74, 6) is 0.111. The van der Waals surface area contributed by atoms with Gasteiger partial charge in [-0.15, -0.1) is 5.10 Å². The van der Waals surface area contributed by atoms with Crippen LogP contribution in [-0.2, 0) is 11.3 Å². The number of carbonyl (C=O) groups excluding carboxylic acids is 1. The Hall–Kier alpha value is -2.40. The van der Waals surface area contributed by atoms with E-state index in [1.165, 1.54) is 11.8 Å². The molecule has 4 nitrogen and oxygen atoms in total. The number of carbonyl (C=O) groups is 1. The number of benzene rings is 2. The fourth-order valence-electron chi connectivity index (χ4n) is 2.44. The van der Waals surface area contributed by atoms with Crippen LogP contribution in [0.5, 0.6) is 0 Å². The highest BCUT2D eigenvalue weighted by molar-refractivity contribution is 8.15. The molecule has 0 N–H and O–H groups in total. The van der Waals surface area contributed by atoms with Crippen molar-refractivity contribution in [1.29, 1.82) is 0 Å². The van der Waals surface area contributed by atoms with Crippen molar-refractivity contribution in [3.8, 4) is 0 Å². The van der Waals surface area contributed by atoms with Crippen LogP contribution in [0.15, 0.2) is 70.9 Å². The molecule has 0 aliphatic carbocycles. The van der Waals surface area contributed by atoms with Crippen LogP contribution >= 0.6 is 11.8 Å². The van der Waals surface area contributed by atoms with Gasteiger partial charge < -0.3 is 0 Å². The molecule has 24 heavy (non-hydrogen) atoms. The number of thioether (sulfide) groups is 1. The van der Waals surface area contributed by atoms with Gasteiger partial charge in [-0.2, -0.15) is 5.10 Å². The van der Waals surface area contributed by atoms with Crippen molar-refractivity contribution in [3.63, 3.8) is 0 Å². The van der Waals surface area contributed by atoms with Gasteiger partial charge in [0.1, 0.15) is 0 Å².